The van der Waals surface area contributed by atoms with Crippen LogP contribution in [-0.2, 0) is 0 Å². The summed E-state index contributed by atoms with van der Waals surface area (Å²) in [7, 11) is 0. The summed E-state index contributed by atoms with van der Waals surface area (Å²) in [6.07, 6.45) is 17.4. The number of nitrogens with one attached hydrogen (secondary N) is 8. The van der Waals surface area contributed by atoms with Gasteiger partial charge in [0.2, 0.25) is 0 Å². The number of hydrogen-bond donors (Lipinski definition) is 8. The number of fused-ring (bicyclic) bond motifs is 24. The van der Waals surface area contributed by atoms with Crippen LogP contribution in [0.15, 0.2) is 109 Å². The molecular weight excluding hydrogens is 1030 g/mol. The molecule has 4 aromatic rings. The minimum absolute atomic E-state index is 0.358. The Bertz CT molecular complexity index is 2900. The topological polar surface area (TPSA) is 109 Å². The van der Waals surface area contributed by atoms with Crippen LogP contribution in [0.3, 0.4) is 0 Å². The van der Waals surface area contributed by atoms with Gasteiger partial charge in [-0.25, -0.2) is 0 Å². The van der Waals surface area contributed by atoms with E-state index < -0.39 is 0 Å². The van der Waals surface area contributed by atoms with Crippen LogP contribution in [-0.4, -0.2) is 169 Å². The molecule has 12 nitrogen and oxygen atoms in total. The van der Waals surface area contributed by atoms with Gasteiger partial charge in [-0.15, -0.1) is 0 Å². The summed E-state index contributed by atoms with van der Waals surface area (Å²) < 4.78 is 0. The smallest absolute Gasteiger partial charge is 0.0900 e. The van der Waals surface area contributed by atoms with Crippen molar-refractivity contribution in [3.05, 3.63) is 131 Å². The Kier molecular flexibility index (Phi) is 12.2. The molecule has 16 fully saturated rings. The lowest BCUT2D eigenvalue weighted by Gasteiger charge is -2.61. The van der Waals surface area contributed by atoms with Crippen molar-refractivity contribution in [1.29, 1.82) is 0 Å². The molecule has 6 saturated carbocycles. The molecule has 0 radical (unpaired) electrons. The molecule has 0 amide bonds. The Balaban J connectivity index is 0.619. The van der Waals surface area contributed by atoms with Gasteiger partial charge in [0, 0.05) is 125 Å². The van der Waals surface area contributed by atoms with Crippen molar-refractivity contribution in [3.8, 4) is 11.1 Å². The Morgan fingerprint density at radius 2 is 0.595 bits per heavy atom. The zero-order valence-corrected chi connectivity index (χ0v) is 49.5. The van der Waals surface area contributed by atoms with Gasteiger partial charge in [-0.1, -0.05) is 109 Å². The van der Waals surface area contributed by atoms with Gasteiger partial charge < -0.3 is 21.3 Å². The molecule has 12 heteroatoms. The first-order valence-electron chi connectivity index (χ1n) is 35.0. The molecule has 10 aliphatic heterocycles. The first-order chi connectivity index (χ1) is 41.7. The predicted octanol–water partition coefficient (Wildman–Crippen LogP) is 6.57. The molecule has 28 atom stereocenters. The maximum atomic E-state index is 4.38. The van der Waals surface area contributed by atoms with Crippen molar-refractivity contribution >= 4 is 0 Å². The number of nitrogens with zero attached hydrogens (tertiary/aromatic N) is 4. The summed E-state index contributed by atoms with van der Waals surface area (Å²) in [5, 5.41) is 34.5. The molecule has 4 aromatic carbocycles. The first-order valence-corrected chi connectivity index (χ1v) is 35.0. The Labute approximate surface area is 499 Å². The summed E-state index contributed by atoms with van der Waals surface area (Å²) in [5.41, 5.74) is 9.53. The van der Waals surface area contributed by atoms with E-state index in [4.69, 9.17) is 0 Å². The standard InChI is InChI=1S/C72H94N12/c1-3-11-39(12-4-1)41-21-25-53-51(35-41)59-63-64(76-30-29-75-63)60-52-36-43(22-26-54(52)82-68(60)67(59)81(53)69-70(82)78-32-31-77-69)45-15-7-9-17-47(45)48-18-10-8-16-46(48)44-20-24-50-56(38-44)84-66-58(50)62-61(73-27-28-74-62)57-49-23-19-42(40-13-5-2-6-14-40)37-55(49)83(65(57)66)71-72(84)80-34-33-79-71/h1-18,41-44,49-80H,19-38H2. The molecule has 10 heterocycles. The Hall–Kier alpha value is -3.60. The third-order valence-electron chi connectivity index (χ3n) is 28.0. The highest BCUT2D eigenvalue weighted by Gasteiger charge is 2.75. The van der Waals surface area contributed by atoms with Crippen molar-refractivity contribution in [2.45, 2.75) is 198 Å². The van der Waals surface area contributed by atoms with Crippen LogP contribution in [0.5, 0.6) is 0 Å². The molecule has 8 N–H and O–H groups in total. The van der Waals surface area contributed by atoms with Crippen molar-refractivity contribution in [1.82, 2.24) is 62.1 Å². The SMILES string of the molecule is c1ccc(C2CCC3C(C2)C2C4NCCNC4C4C5CC(c6ccccc6-c6ccccc6C6CCC7C8C9NCCNC9C9C%10CCC(c%11ccccc%11)CC%10N%10C%11NCCNC%11N(C7C6)C8C9%10)CCC5N5C6NCCNC6N3C2C45)cc1. The van der Waals surface area contributed by atoms with E-state index in [0.29, 0.717) is 150 Å². The molecule has 6 aliphatic carbocycles. The third-order valence-corrected chi connectivity index (χ3v) is 28.0. The van der Waals surface area contributed by atoms with E-state index >= 15 is 0 Å². The molecule has 0 aromatic heterocycles. The molecule has 84 heavy (non-hydrogen) atoms. The van der Waals surface area contributed by atoms with Gasteiger partial charge >= 0.3 is 0 Å². The second kappa shape index (κ2) is 20.0. The summed E-state index contributed by atoms with van der Waals surface area (Å²) in [4.78, 5) is 12.8. The van der Waals surface area contributed by atoms with Gasteiger partial charge in [0.05, 0.1) is 24.7 Å². The number of benzene rings is 4. The molecule has 0 spiro atoms. The van der Waals surface area contributed by atoms with E-state index in [0.717, 1.165) is 70.1 Å². The van der Waals surface area contributed by atoms with E-state index in [1.54, 1.807) is 33.4 Å². The van der Waals surface area contributed by atoms with Gasteiger partial charge in [0.15, 0.2) is 0 Å². The minimum Gasteiger partial charge on any atom is -0.311 e. The molecule has 16 aliphatic rings. The fourth-order valence-electron chi connectivity index (χ4n) is 25.8. The van der Waals surface area contributed by atoms with Gasteiger partial charge in [0.25, 0.3) is 0 Å². The normalized spacial score (nSPS) is 49.6. The Morgan fingerprint density at radius 3 is 1.06 bits per heavy atom. The average Bonchev–Trinajstić information content (AvgIpc) is 1.55. The van der Waals surface area contributed by atoms with E-state index in [2.05, 4.69) is 171 Å². The second-order valence-electron chi connectivity index (χ2n) is 30.5. The van der Waals surface area contributed by atoms with Crippen LogP contribution < -0.4 is 42.5 Å². The highest BCUT2D eigenvalue weighted by atomic mass is 15.5. The van der Waals surface area contributed by atoms with Crippen molar-refractivity contribution in [2.24, 2.45) is 47.3 Å². The van der Waals surface area contributed by atoms with Gasteiger partial charge in [-0.05, 0) is 181 Å². The van der Waals surface area contributed by atoms with Crippen LogP contribution in [0.25, 0.3) is 11.1 Å². The van der Waals surface area contributed by atoms with E-state index in [1.165, 1.54) is 77.0 Å². The van der Waals surface area contributed by atoms with Crippen molar-refractivity contribution in [3.63, 3.8) is 0 Å². The zero-order valence-electron chi connectivity index (χ0n) is 49.5. The number of rotatable bonds is 5. The van der Waals surface area contributed by atoms with Crippen LogP contribution in [0.2, 0.25) is 0 Å². The lowest BCUT2D eigenvalue weighted by Crippen LogP contribution is -2.81. The van der Waals surface area contributed by atoms with E-state index in [1.807, 2.05) is 0 Å². The summed E-state index contributed by atoms with van der Waals surface area (Å²) >= 11 is 0. The molecular formula is C72H94N12. The van der Waals surface area contributed by atoms with Gasteiger partial charge in [-0.2, -0.15) is 0 Å². The summed E-state index contributed by atoms with van der Waals surface area (Å²) in [6.45, 7) is 8.69. The first kappa shape index (κ1) is 51.3. The van der Waals surface area contributed by atoms with Crippen LogP contribution in [0.4, 0.5) is 0 Å². The highest BCUT2D eigenvalue weighted by molar-refractivity contribution is 5.72. The van der Waals surface area contributed by atoms with E-state index in [-0.39, 0.29) is 0 Å². The van der Waals surface area contributed by atoms with Gasteiger partial charge in [-0.3, -0.25) is 40.9 Å². The molecule has 442 valence electrons. The largest absolute Gasteiger partial charge is 0.311 e. The predicted molar refractivity (Wildman–Crippen MR) is 331 cm³/mol. The van der Waals surface area contributed by atoms with Crippen molar-refractivity contribution in [2.75, 3.05) is 52.4 Å². The highest BCUT2D eigenvalue weighted by Crippen LogP contribution is 2.66. The summed E-state index contributed by atoms with van der Waals surface area (Å²) in [5.74, 6) is 8.06. The monoisotopic (exact) mass is 1130 g/mol. The molecule has 0 bridgehead atoms. The minimum atomic E-state index is 0.358. The van der Waals surface area contributed by atoms with Gasteiger partial charge in [0.1, 0.15) is 0 Å². The number of piperazine rings is 6. The lowest BCUT2D eigenvalue weighted by molar-refractivity contribution is -0.125. The second-order valence-corrected chi connectivity index (χ2v) is 30.5. The van der Waals surface area contributed by atoms with E-state index in [9.17, 15) is 0 Å². The quantitative estimate of drug-likeness (QED) is 0.111. The summed E-state index contributed by atoms with van der Waals surface area (Å²) in [6, 6.07) is 50.4. The molecule has 10 saturated heterocycles. The maximum absolute atomic E-state index is 4.38. The fourth-order valence-corrected chi connectivity index (χ4v) is 25.8. The zero-order chi connectivity index (χ0) is 54.5. The lowest BCUT2D eigenvalue weighted by atomic mass is 9.59. The van der Waals surface area contributed by atoms with Crippen LogP contribution in [0, 0.1) is 47.3 Å². The third kappa shape index (κ3) is 7.26. The van der Waals surface area contributed by atoms with Crippen molar-refractivity contribution < 1.29 is 0 Å². The molecule has 20 rings (SSSR count). The Morgan fingerprint density at radius 1 is 0.274 bits per heavy atom. The molecule has 28 unspecified atom stereocenters. The number of hydrogen-bond acceptors (Lipinski definition) is 12. The van der Waals surface area contributed by atoms with Crippen LogP contribution >= 0.6 is 0 Å². The van der Waals surface area contributed by atoms with Crippen LogP contribution in [0.1, 0.15) is 123 Å². The maximum Gasteiger partial charge on any atom is 0.0900 e. The fraction of sp³-hybridized carbons (Fsp3) is 0.667. The average molecular weight is 1130 g/mol.